The third-order valence-corrected chi connectivity index (χ3v) is 5.46. The van der Waals surface area contributed by atoms with Crippen LogP contribution in [-0.4, -0.2) is 49.8 Å². The number of ether oxygens (including phenoxy) is 1. The van der Waals surface area contributed by atoms with Gasteiger partial charge in [0.2, 0.25) is 0 Å². The Labute approximate surface area is 152 Å². The first-order valence-electron chi connectivity index (χ1n) is 8.88. The molecule has 0 amide bonds. The molecule has 0 heterocycles. The van der Waals surface area contributed by atoms with Crippen LogP contribution in [0.1, 0.15) is 37.7 Å². The molecule has 1 aromatic rings. The number of hydrogen-bond donors (Lipinski definition) is 2. The van der Waals surface area contributed by atoms with E-state index in [0.717, 1.165) is 30.4 Å². The molecule has 0 aromatic heterocycles. The molecule has 0 bridgehead atoms. The molecule has 0 spiro atoms. The standard InChI is InChI=1S/C19H31N3OS/c1-22(2)19(12-5-4-6-13-19)15-21-18(24)20-14-11-16-7-9-17(23-3)10-8-16/h7-10H,4-6,11-15H2,1-3H3,(H2,20,21,24). The van der Waals surface area contributed by atoms with E-state index in [2.05, 4.69) is 41.8 Å². The topological polar surface area (TPSA) is 36.5 Å². The average molecular weight is 350 g/mol. The maximum absolute atomic E-state index is 5.45. The second kappa shape index (κ2) is 9.23. The van der Waals surface area contributed by atoms with Gasteiger partial charge in [-0.15, -0.1) is 0 Å². The minimum Gasteiger partial charge on any atom is -0.497 e. The van der Waals surface area contributed by atoms with Gasteiger partial charge in [-0.1, -0.05) is 31.4 Å². The molecule has 4 nitrogen and oxygen atoms in total. The van der Waals surface area contributed by atoms with Crippen LogP contribution in [0.4, 0.5) is 0 Å². The van der Waals surface area contributed by atoms with Crippen molar-refractivity contribution in [3.63, 3.8) is 0 Å². The highest BCUT2D eigenvalue weighted by atomic mass is 32.1. The number of benzene rings is 1. The van der Waals surface area contributed by atoms with Crippen LogP contribution < -0.4 is 15.4 Å². The molecule has 0 unspecified atom stereocenters. The Morgan fingerprint density at radius 3 is 2.38 bits per heavy atom. The summed E-state index contributed by atoms with van der Waals surface area (Å²) in [5, 5.41) is 7.52. The highest BCUT2D eigenvalue weighted by Gasteiger charge is 2.33. The van der Waals surface area contributed by atoms with E-state index in [9.17, 15) is 0 Å². The molecule has 1 saturated carbocycles. The highest BCUT2D eigenvalue weighted by molar-refractivity contribution is 7.80. The fourth-order valence-corrected chi connectivity index (χ4v) is 3.59. The molecular formula is C19H31N3OS. The van der Waals surface area contributed by atoms with Crippen LogP contribution in [0.5, 0.6) is 5.75 Å². The lowest BCUT2D eigenvalue weighted by Gasteiger charge is -2.43. The summed E-state index contributed by atoms with van der Waals surface area (Å²) in [7, 11) is 6.06. The zero-order valence-corrected chi connectivity index (χ0v) is 16.0. The number of thiocarbonyl (C=S) groups is 1. The van der Waals surface area contributed by atoms with Gasteiger partial charge in [-0.05, 0) is 63.3 Å². The first kappa shape index (κ1) is 19.0. The number of methoxy groups -OCH3 is 1. The molecule has 1 aliphatic rings. The smallest absolute Gasteiger partial charge is 0.166 e. The SMILES string of the molecule is COc1ccc(CCNC(=S)NCC2(N(C)C)CCCCC2)cc1. The monoisotopic (exact) mass is 349 g/mol. The van der Waals surface area contributed by atoms with Crippen molar-refractivity contribution in [3.8, 4) is 5.75 Å². The summed E-state index contributed by atoms with van der Waals surface area (Å²) in [6, 6.07) is 8.19. The maximum Gasteiger partial charge on any atom is 0.166 e. The second-order valence-corrected chi connectivity index (χ2v) is 7.30. The number of likely N-dealkylation sites (N-methyl/N-ethyl adjacent to an activating group) is 1. The van der Waals surface area contributed by atoms with Gasteiger partial charge in [-0.3, -0.25) is 0 Å². The van der Waals surface area contributed by atoms with Crippen molar-refractivity contribution in [1.29, 1.82) is 0 Å². The average Bonchev–Trinajstić information content (AvgIpc) is 2.61. The first-order chi connectivity index (χ1) is 11.6. The zero-order valence-electron chi connectivity index (χ0n) is 15.2. The Hall–Kier alpha value is -1.33. The third-order valence-electron chi connectivity index (χ3n) is 5.17. The molecular weight excluding hydrogens is 318 g/mol. The molecule has 134 valence electrons. The Morgan fingerprint density at radius 1 is 1.12 bits per heavy atom. The number of hydrogen-bond acceptors (Lipinski definition) is 3. The zero-order chi connectivity index (χ0) is 17.4. The summed E-state index contributed by atoms with van der Waals surface area (Å²) in [6.45, 7) is 1.77. The van der Waals surface area contributed by atoms with Crippen molar-refractivity contribution in [3.05, 3.63) is 29.8 Å². The molecule has 1 fully saturated rings. The fourth-order valence-electron chi connectivity index (χ4n) is 3.41. The molecule has 0 radical (unpaired) electrons. The van der Waals surface area contributed by atoms with E-state index in [1.165, 1.54) is 37.7 Å². The van der Waals surface area contributed by atoms with Crippen molar-refractivity contribution in [2.45, 2.75) is 44.1 Å². The summed E-state index contributed by atoms with van der Waals surface area (Å²) in [5.41, 5.74) is 1.53. The maximum atomic E-state index is 5.45. The minimum atomic E-state index is 0.250. The summed E-state index contributed by atoms with van der Waals surface area (Å²) in [5.74, 6) is 0.894. The molecule has 1 aliphatic carbocycles. The normalized spacial score (nSPS) is 16.7. The lowest BCUT2D eigenvalue weighted by molar-refractivity contribution is 0.104. The Morgan fingerprint density at radius 2 is 1.79 bits per heavy atom. The van der Waals surface area contributed by atoms with Gasteiger partial charge in [-0.25, -0.2) is 0 Å². The van der Waals surface area contributed by atoms with Crippen LogP contribution in [0.25, 0.3) is 0 Å². The van der Waals surface area contributed by atoms with Gasteiger partial charge in [0.1, 0.15) is 5.75 Å². The van der Waals surface area contributed by atoms with Gasteiger partial charge in [-0.2, -0.15) is 0 Å². The van der Waals surface area contributed by atoms with Crippen LogP contribution >= 0.6 is 12.2 Å². The molecule has 0 aliphatic heterocycles. The number of nitrogens with one attached hydrogen (secondary N) is 2. The summed E-state index contributed by atoms with van der Waals surface area (Å²) in [6.07, 6.45) is 7.45. The lowest BCUT2D eigenvalue weighted by atomic mass is 9.80. The van der Waals surface area contributed by atoms with E-state index >= 15 is 0 Å². The van der Waals surface area contributed by atoms with Gasteiger partial charge in [0.25, 0.3) is 0 Å². The van der Waals surface area contributed by atoms with Crippen molar-refractivity contribution in [2.24, 2.45) is 0 Å². The van der Waals surface area contributed by atoms with Crippen LogP contribution in [0.2, 0.25) is 0 Å². The first-order valence-corrected chi connectivity index (χ1v) is 9.29. The minimum absolute atomic E-state index is 0.250. The summed E-state index contributed by atoms with van der Waals surface area (Å²) in [4.78, 5) is 2.37. The van der Waals surface area contributed by atoms with E-state index in [1.54, 1.807) is 7.11 Å². The van der Waals surface area contributed by atoms with Crippen molar-refractivity contribution >= 4 is 17.3 Å². The van der Waals surface area contributed by atoms with Gasteiger partial charge >= 0.3 is 0 Å². The van der Waals surface area contributed by atoms with Crippen molar-refractivity contribution in [2.75, 3.05) is 34.3 Å². The molecule has 24 heavy (non-hydrogen) atoms. The second-order valence-electron chi connectivity index (χ2n) is 6.89. The van der Waals surface area contributed by atoms with E-state index in [0.29, 0.717) is 0 Å². The number of nitrogens with zero attached hydrogens (tertiary/aromatic N) is 1. The van der Waals surface area contributed by atoms with Crippen LogP contribution in [-0.2, 0) is 6.42 Å². The predicted octanol–water partition coefficient (Wildman–Crippen LogP) is 2.97. The molecule has 2 rings (SSSR count). The molecule has 0 saturated heterocycles. The predicted molar refractivity (Wildman–Crippen MR) is 105 cm³/mol. The lowest BCUT2D eigenvalue weighted by Crippen LogP contribution is -2.55. The van der Waals surface area contributed by atoms with E-state index in [-0.39, 0.29) is 5.54 Å². The van der Waals surface area contributed by atoms with Gasteiger partial charge < -0.3 is 20.3 Å². The van der Waals surface area contributed by atoms with E-state index < -0.39 is 0 Å². The summed E-state index contributed by atoms with van der Waals surface area (Å²) < 4.78 is 5.18. The van der Waals surface area contributed by atoms with Crippen LogP contribution in [0.3, 0.4) is 0 Å². The molecule has 5 heteroatoms. The van der Waals surface area contributed by atoms with E-state index in [1.807, 2.05) is 12.1 Å². The van der Waals surface area contributed by atoms with Gasteiger partial charge in [0.15, 0.2) is 5.11 Å². The third kappa shape index (κ3) is 5.35. The molecule has 2 N–H and O–H groups in total. The summed E-state index contributed by atoms with van der Waals surface area (Å²) >= 11 is 5.45. The number of rotatable bonds is 7. The highest BCUT2D eigenvalue weighted by Crippen LogP contribution is 2.31. The molecule has 0 atom stereocenters. The molecule has 1 aromatic carbocycles. The quantitative estimate of drug-likeness (QED) is 0.740. The van der Waals surface area contributed by atoms with Crippen molar-refractivity contribution < 1.29 is 4.74 Å². The Bertz CT molecular complexity index is 510. The Balaban J connectivity index is 1.72. The van der Waals surface area contributed by atoms with Gasteiger partial charge in [0, 0.05) is 18.6 Å². The van der Waals surface area contributed by atoms with Crippen molar-refractivity contribution in [1.82, 2.24) is 15.5 Å². The van der Waals surface area contributed by atoms with Crippen LogP contribution in [0.15, 0.2) is 24.3 Å². The fraction of sp³-hybridized carbons (Fsp3) is 0.632. The van der Waals surface area contributed by atoms with Crippen LogP contribution in [0, 0.1) is 0 Å². The van der Waals surface area contributed by atoms with Gasteiger partial charge in [0.05, 0.1) is 7.11 Å². The van der Waals surface area contributed by atoms with E-state index in [4.69, 9.17) is 17.0 Å². The largest absolute Gasteiger partial charge is 0.497 e. The Kier molecular flexibility index (Phi) is 7.31.